The first-order valence-corrected chi connectivity index (χ1v) is 13.3. The number of likely N-dealkylation sites (N-methyl/N-ethyl adjacent to an activating group) is 1. The number of nitrogens with zero attached hydrogens (tertiary/aromatic N) is 6. The maximum absolute atomic E-state index is 13.6. The number of carbonyl (C=O) groups excluding carboxylic acids is 1. The van der Waals surface area contributed by atoms with E-state index in [9.17, 15) is 4.79 Å². The summed E-state index contributed by atoms with van der Waals surface area (Å²) in [5, 5.41) is 4.67. The Hall–Kier alpha value is -3.26. The highest BCUT2D eigenvalue weighted by molar-refractivity contribution is 5.95. The SMILES string of the molecule is CCN(CC)[C@H]1CCN(C(=O)c2cnn(-c3ncc4c(n3)-c3ccc(OC)cc3CC4)c2C2CC2)C1. The van der Waals surface area contributed by atoms with Crippen molar-refractivity contribution in [3.8, 4) is 23.0 Å². The summed E-state index contributed by atoms with van der Waals surface area (Å²) in [6.45, 7) is 7.99. The molecule has 3 heterocycles. The maximum atomic E-state index is 13.6. The van der Waals surface area contributed by atoms with Gasteiger partial charge in [0.25, 0.3) is 11.9 Å². The van der Waals surface area contributed by atoms with E-state index in [0.29, 0.717) is 23.5 Å². The van der Waals surface area contributed by atoms with Crippen LogP contribution in [0.3, 0.4) is 0 Å². The number of hydrogen-bond acceptors (Lipinski definition) is 6. The van der Waals surface area contributed by atoms with Gasteiger partial charge in [0.2, 0.25) is 0 Å². The van der Waals surface area contributed by atoms with Crippen molar-refractivity contribution in [2.24, 2.45) is 0 Å². The summed E-state index contributed by atoms with van der Waals surface area (Å²) in [6.07, 6.45) is 8.68. The van der Waals surface area contributed by atoms with Gasteiger partial charge in [0.15, 0.2) is 0 Å². The van der Waals surface area contributed by atoms with Crippen molar-refractivity contribution in [3.63, 3.8) is 0 Å². The number of benzene rings is 1. The van der Waals surface area contributed by atoms with Crippen LogP contribution in [0.15, 0.2) is 30.6 Å². The fraction of sp³-hybridized carbons (Fsp3) is 0.500. The lowest BCUT2D eigenvalue weighted by atomic mass is 9.90. The highest BCUT2D eigenvalue weighted by Crippen LogP contribution is 2.43. The Morgan fingerprint density at radius 1 is 1.11 bits per heavy atom. The van der Waals surface area contributed by atoms with Crippen LogP contribution < -0.4 is 4.74 Å². The molecule has 0 unspecified atom stereocenters. The molecular formula is C28H34N6O2. The van der Waals surface area contributed by atoms with Crippen LogP contribution >= 0.6 is 0 Å². The van der Waals surface area contributed by atoms with Gasteiger partial charge < -0.3 is 9.64 Å². The smallest absolute Gasteiger partial charge is 0.257 e. The zero-order valence-corrected chi connectivity index (χ0v) is 21.4. The lowest BCUT2D eigenvalue weighted by Gasteiger charge is -2.26. The molecule has 1 saturated carbocycles. The summed E-state index contributed by atoms with van der Waals surface area (Å²) in [4.78, 5) is 27.8. The molecular weight excluding hydrogens is 452 g/mol. The van der Waals surface area contributed by atoms with Crippen LogP contribution in [-0.4, -0.2) is 74.8 Å². The number of aromatic nitrogens is 4. The Balaban J connectivity index is 1.33. The van der Waals surface area contributed by atoms with Crippen LogP contribution in [0, 0.1) is 0 Å². The molecule has 1 atom stereocenters. The zero-order valence-electron chi connectivity index (χ0n) is 21.4. The minimum atomic E-state index is 0.0909. The second-order valence-electron chi connectivity index (χ2n) is 10.1. The highest BCUT2D eigenvalue weighted by atomic mass is 16.5. The largest absolute Gasteiger partial charge is 0.497 e. The molecule has 8 nitrogen and oxygen atoms in total. The predicted octanol–water partition coefficient (Wildman–Crippen LogP) is 3.87. The van der Waals surface area contributed by atoms with Gasteiger partial charge in [-0.25, -0.2) is 14.6 Å². The molecule has 1 amide bonds. The molecule has 3 aromatic rings. The lowest BCUT2D eigenvalue weighted by Crippen LogP contribution is -2.38. The van der Waals surface area contributed by atoms with Crippen LogP contribution in [0.5, 0.6) is 5.75 Å². The number of aryl methyl sites for hydroxylation is 2. The summed E-state index contributed by atoms with van der Waals surface area (Å²) in [7, 11) is 1.70. The molecule has 2 aromatic heterocycles. The molecule has 3 aliphatic rings. The second-order valence-corrected chi connectivity index (χ2v) is 10.1. The molecule has 188 valence electrons. The van der Waals surface area contributed by atoms with Gasteiger partial charge in [0.1, 0.15) is 5.75 Å². The van der Waals surface area contributed by atoms with Gasteiger partial charge in [0, 0.05) is 36.8 Å². The molecule has 1 aromatic carbocycles. The molecule has 1 saturated heterocycles. The van der Waals surface area contributed by atoms with Crippen molar-refractivity contribution in [2.45, 2.75) is 57.9 Å². The predicted molar refractivity (Wildman–Crippen MR) is 138 cm³/mol. The molecule has 8 heteroatoms. The Morgan fingerprint density at radius 3 is 2.67 bits per heavy atom. The highest BCUT2D eigenvalue weighted by Gasteiger charge is 2.37. The Labute approximate surface area is 212 Å². The molecule has 2 fully saturated rings. The van der Waals surface area contributed by atoms with E-state index in [-0.39, 0.29) is 5.91 Å². The van der Waals surface area contributed by atoms with Gasteiger partial charge in [-0.15, -0.1) is 0 Å². The van der Waals surface area contributed by atoms with E-state index in [2.05, 4.69) is 36.0 Å². The van der Waals surface area contributed by atoms with Crippen LogP contribution in [0.25, 0.3) is 17.2 Å². The molecule has 1 aliphatic heterocycles. The molecule has 0 spiro atoms. The Kier molecular flexibility index (Phi) is 5.99. The van der Waals surface area contributed by atoms with E-state index in [0.717, 1.165) is 86.5 Å². The molecule has 2 aliphatic carbocycles. The number of carbonyl (C=O) groups is 1. The third-order valence-electron chi connectivity index (χ3n) is 8.05. The van der Waals surface area contributed by atoms with Crippen molar-refractivity contribution in [1.82, 2.24) is 29.5 Å². The first kappa shape index (κ1) is 23.2. The van der Waals surface area contributed by atoms with Gasteiger partial charge in [-0.05, 0) is 74.5 Å². The fourth-order valence-corrected chi connectivity index (χ4v) is 5.89. The minimum absolute atomic E-state index is 0.0909. The van der Waals surface area contributed by atoms with Gasteiger partial charge in [-0.3, -0.25) is 9.69 Å². The van der Waals surface area contributed by atoms with E-state index in [1.54, 1.807) is 13.3 Å². The van der Waals surface area contributed by atoms with Crippen LogP contribution in [0.4, 0.5) is 0 Å². The van der Waals surface area contributed by atoms with Crippen molar-refractivity contribution < 1.29 is 9.53 Å². The number of rotatable bonds is 7. The van der Waals surface area contributed by atoms with Crippen LogP contribution in [-0.2, 0) is 12.8 Å². The summed E-state index contributed by atoms with van der Waals surface area (Å²) >= 11 is 0. The van der Waals surface area contributed by atoms with E-state index in [1.165, 1.54) is 5.56 Å². The van der Waals surface area contributed by atoms with E-state index in [4.69, 9.17) is 14.7 Å². The number of ether oxygens (including phenoxy) is 1. The van der Waals surface area contributed by atoms with Crippen LogP contribution in [0.1, 0.15) is 66.2 Å². The number of hydrogen-bond donors (Lipinski definition) is 0. The van der Waals surface area contributed by atoms with Gasteiger partial charge >= 0.3 is 0 Å². The first-order valence-electron chi connectivity index (χ1n) is 13.3. The van der Waals surface area contributed by atoms with Crippen LogP contribution in [0.2, 0.25) is 0 Å². The molecule has 6 rings (SSSR count). The van der Waals surface area contributed by atoms with E-state index >= 15 is 0 Å². The van der Waals surface area contributed by atoms with E-state index in [1.807, 2.05) is 21.8 Å². The summed E-state index contributed by atoms with van der Waals surface area (Å²) in [5.74, 6) is 1.83. The lowest BCUT2D eigenvalue weighted by molar-refractivity contribution is 0.0776. The maximum Gasteiger partial charge on any atom is 0.257 e. The van der Waals surface area contributed by atoms with Gasteiger partial charge in [-0.1, -0.05) is 13.8 Å². The average Bonchev–Trinajstić information content (AvgIpc) is 3.47. The standard InChI is InChI=1S/C28H34N6O2/c1-4-32(5-2)21-12-13-33(17-21)27(35)24-16-30-34(26(24)18-6-7-18)28-29-15-20-9-8-19-14-22(36-3)10-11-23(19)25(20)31-28/h10-11,14-16,18,21H,4-9,12-13,17H2,1-3H3/t21-/m0/s1. The quantitative estimate of drug-likeness (QED) is 0.505. The summed E-state index contributed by atoms with van der Waals surface area (Å²) in [5.41, 5.74) is 6.14. The minimum Gasteiger partial charge on any atom is -0.497 e. The summed E-state index contributed by atoms with van der Waals surface area (Å²) in [6, 6.07) is 6.60. The molecule has 0 N–H and O–H groups in total. The molecule has 0 radical (unpaired) electrons. The molecule has 0 bridgehead atoms. The number of amides is 1. The average molecular weight is 487 g/mol. The third kappa shape index (κ3) is 3.97. The topological polar surface area (TPSA) is 76.4 Å². The first-order chi connectivity index (χ1) is 17.6. The van der Waals surface area contributed by atoms with Crippen molar-refractivity contribution in [2.75, 3.05) is 33.3 Å². The number of methoxy groups -OCH3 is 1. The normalized spacial score (nSPS) is 18.9. The molecule has 36 heavy (non-hydrogen) atoms. The third-order valence-corrected chi connectivity index (χ3v) is 8.05. The monoisotopic (exact) mass is 486 g/mol. The Morgan fingerprint density at radius 2 is 1.92 bits per heavy atom. The Bertz CT molecular complexity index is 1290. The van der Waals surface area contributed by atoms with Gasteiger partial charge in [0.05, 0.1) is 30.3 Å². The van der Waals surface area contributed by atoms with E-state index < -0.39 is 0 Å². The number of fused-ring (bicyclic) bond motifs is 3. The summed E-state index contributed by atoms with van der Waals surface area (Å²) < 4.78 is 7.24. The second kappa shape index (κ2) is 9.32. The fourth-order valence-electron chi connectivity index (χ4n) is 5.89. The van der Waals surface area contributed by atoms with Crippen molar-refractivity contribution >= 4 is 5.91 Å². The number of likely N-dealkylation sites (tertiary alicyclic amines) is 1. The zero-order chi connectivity index (χ0) is 24.8. The van der Waals surface area contributed by atoms with Crippen molar-refractivity contribution in [3.05, 3.63) is 53.0 Å². The van der Waals surface area contributed by atoms with Gasteiger partial charge in [-0.2, -0.15) is 5.10 Å². The van der Waals surface area contributed by atoms with Crippen molar-refractivity contribution in [1.29, 1.82) is 0 Å².